The van der Waals surface area contributed by atoms with Gasteiger partial charge in [0, 0.05) is 12.2 Å². The topological polar surface area (TPSA) is 173 Å². The zero-order valence-electron chi connectivity index (χ0n) is 21.4. The molecule has 0 spiro atoms. The molecule has 1 aromatic heterocycles. The van der Waals surface area contributed by atoms with E-state index in [-0.39, 0.29) is 25.7 Å². The van der Waals surface area contributed by atoms with Gasteiger partial charge in [0.1, 0.15) is 18.3 Å². The van der Waals surface area contributed by atoms with Crippen molar-refractivity contribution in [3.05, 3.63) is 77.6 Å². The zero-order valence-corrected chi connectivity index (χ0v) is 21.4. The number of amides is 4. The van der Waals surface area contributed by atoms with Gasteiger partial charge in [-0.3, -0.25) is 4.79 Å². The lowest BCUT2D eigenvalue weighted by Gasteiger charge is -2.23. The van der Waals surface area contributed by atoms with E-state index in [9.17, 15) is 19.5 Å². The van der Waals surface area contributed by atoms with Crippen molar-refractivity contribution in [2.45, 2.75) is 51.5 Å². The highest BCUT2D eigenvalue weighted by Gasteiger charge is 2.30. The molecule has 0 bridgehead atoms. The van der Waals surface area contributed by atoms with Gasteiger partial charge in [0.05, 0.1) is 18.3 Å². The molecule has 0 radical (unpaired) electrons. The molecule has 0 aliphatic rings. The third-order valence-corrected chi connectivity index (χ3v) is 5.76. The first-order chi connectivity index (χ1) is 18.2. The number of aliphatic hydroxyl groups excluding tert-OH is 1. The van der Waals surface area contributed by atoms with Crippen LogP contribution in [0.15, 0.2) is 60.8 Å². The van der Waals surface area contributed by atoms with Crippen LogP contribution in [0.5, 0.6) is 0 Å². The Morgan fingerprint density at radius 2 is 1.79 bits per heavy atom. The SMILES string of the molecule is CC(C)(NC(=O)OCc1ccccc1)c1cn([C@@H](CCCNC(N)=O)C(=O)Nc2ccc(CO)cc2)nn1. The number of benzene rings is 2. The number of hydrogen-bond donors (Lipinski definition) is 5. The molecule has 6 N–H and O–H groups in total. The van der Waals surface area contributed by atoms with E-state index in [2.05, 4.69) is 26.3 Å². The minimum Gasteiger partial charge on any atom is -0.445 e. The smallest absolute Gasteiger partial charge is 0.408 e. The molecule has 2 aromatic carbocycles. The summed E-state index contributed by atoms with van der Waals surface area (Å²) in [7, 11) is 0. The summed E-state index contributed by atoms with van der Waals surface area (Å²) in [6.07, 6.45) is 1.76. The van der Waals surface area contributed by atoms with Crippen molar-refractivity contribution >= 4 is 23.7 Å². The normalized spacial score (nSPS) is 11.9. The van der Waals surface area contributed by atoms with E-state index in [1.54, 1.807) is 44.3 Å². The minimum atomic E-state index is -0.944. The van der Waals surface area contributed by atoms with Crippen LogP contribution < -0.4 is 21.7 Å². The third kappa shape index (κ3) is 8.30. The van der Waals surface area contributed by atoms with E-state index in [1.165, 1.54) is 4.68 Å². The standard InChI is InChI=1S/C26H33N7O5/c1-26(2,30-25(37)38-17-19-7-4-3-5-8-19)22-15-33(32-31-22)21(9-6-14-28-24(27)36)23(35)29-20-12-10-18(16-34)11-13-20/h3-5,7-8,10-13,15,21,34H,6,9,14,16-17H2,1-2H3,(H,29,35)(H,30,37)(H3,27,28,36)/t21-/m0/s1. The number of nitrogens with zero attached hydrogens (tertiary/aromatic N) is 3. The molecule has 0 saturated heterocycles. The number of nitrogens with one attached hydrogen (secondary N) is 3. The van der Waals surface area contributed by atoms with Gasteiger partial charge in [-0.15, -0.1) is 5.10 Å². The van der Waals surface area contributed by atoms with E-state index in [4.69, 9.17) is 10.5 Å². The molecule has 0 fully saturated rings. The molecule has 202 valence electrons. The van der Waals surface area contributed by atoms with Crippen molar-refractivity contribution in [2.75, 3.05) is 11.9 Å². The van der Waals surface area contributed by atoms with Crippen molar-refractivity contribution in [1.29, 1.82) is 0 Å². The Kier molecular flexibility index (Phi) is 9.77. The maximum atomic E-state index is 13.2. The molecule has 12 nitrogen and oxygen atoms in total. The molecule has 1 atom stereocenters. The highest BCUT2D eigenvalue weighted by Crippen LogP contribution is 2.22. The first kappa shape index (κ1) is 28.1. The number of carbonyl (C=O) groups is 3. The maximum Gasteiger partial charge on any atom is 0.408 e. The predicted octanol–water partition coefficient (Wildman–Crippen LogP) is 2.56. The first-order valence-corrected chi connectivity index (χ1v) is 12.1. The molecule has 38 heavy (non-hydrogen) atoms. The number of aliphatic hydroxyl groups is 1. The quantitative estimate of drug-likeness (QED) is 0.227. The highest BCUT2D eigenvalue weighted by molar-refractivity contribution is 5.93. The lowest BCUT2D eigenvalue weighted by molar-refractivity contribution is -0.119. The lowest BCUT2D eigenvalue weighted by Crippen LogP contribution is -2.41. The molecule has 0 aliphatic carbocycles. The molecule has 0 saturated carbocycles. The van der Waals surface area contributed by atoms with Gasteiger partial charge in [0.2, 0.25) is 5.91 Å². The van der Waals surface area contributed by atoms with Crippen LogP contribution in [0.3, 0.4) is 0 Å². The number of aromatic nitrogens is 3. The third-order valence-electron chi connectivity index (χ3n) is 5.76. The van der Waals surface area contributed by atoms with E-state index in [0.717, 1.165) is 11.1 Å². The fourth-order valence-electron chi connectivity index (χ4n) is 3.60. The van der Waals surface area contributed by atoms with Crippen LogP contribution in [-0.2, 0) is 28.3 Å². The fourth-order valence-corrected chi connectivity index (χ4v) is 3.60. The van der Waals surface area contributed by atoms with Gasteiger partial charge >= 0.3 is 12.1 Å². The van der Waals surface area contributed by atoms with Crippen LogP contribution >= 0.6 is 0 Å². The van der Waals surface area contributed by atoms with Crippen molar-refractivity contribution < 1.29 is 24.2 Å². The number of carbonyl (C=O) groups excluding carboxylic acids is 3. The van der Waals surface area contributed by atoms with Gasteiger partial charge in [-0.2, -0.15) is 0 Å². The van der Waals surface area contributed by atoms with Crippen molar-refractivity contribution in [1.82, 2.24) is 25.6 Å². The Morgan fingerprint density at radius 1 is 1.08 bits per heavy atom. The predicted molar refractivity (Wildman–Crippen MR) is 140 cm³/mol. The molecule has 3 aromatic rings. The van der Waals surface area contributed by atoms with Crippen LogP contribution in [0, 0.1) is 0 Å². The van der Waals surface area contributed by atoms with Gasteiger partial charge in [-0.05, 0) is 49.9 Å². The Bertz CT molecular complexity index is 1210. The molecular formula is C26H33N7O5. The minimum absolute atomic E-state index is 0.102. The highest BCUT2D eigenvalue weighted by atomic mass is 16.5. The number of anilines is 1. The van der Waals surface area contributed by atoms with Crippen LogP contribution in [0.2, 0.25) is 0 Å². The van der Waals surface area contributed by atoms with Crippen LogP contribution in [-0.4, -0.2) is 44.7 Å². The van der Waals surface area contributed by atoms with Crippen molar-refractivity contribution in [3.8, 4) is 0 Å². The summed E-state index contributed by atoms with van der Waals surface area (Å²) in [5, 5.41) is 25.7. The zero-order chi connectivity index (χ0) is 27.5. The monoisotopic (exact) mass is 523 g/mol. The Labute approximate surface area is 220 Å². The lowest BCUT2D eigenvalue weighted by atomic mass is 10.0. The summed E-state index contributed by atoms with van der Waals surface area (Å²) in [4.78, 5) is 36.6. The molecule has 0 aliphatic heterocycles. The number of rotatable bonds is 12. The average Bonchev–Trinajstić information content (AvgIpc) is 3.39. The summed E-state index contributed by atoms with van der Waals surface area (Å²) >= 11 is 0. The average molecular weight is 524 g/mol. The first-order valence-electron chi connectivity index (χ1n) is 12.1. The van der Waals surface area contributed by atoms with Gasteiger partial charge in [-0.1, -0.05) is 47.7 Å². The van der Waals surface area contributed by atoms with E-state index >= 15 is 0 Å². The van der Waals surface area contributed by atoms with Gasteiger partial charge in [-0.25, -0.2) is 14.3 Å². The second-order valence-electron chi connectivity index (χ2n) is 9.19. The Balaban J connectivity index is 1.69. The molecule has 12 heteroatoms. The van der Waals surface area contributed by atoms with Crippen LogP contribution in [0.25, 0.3) is 0 Å². The fraction of sp³-hybridized carbons (Fsp3) is 0.346. The molecule has 0 unspecified atom stereocenters. The Morgan fingerprint density at radius 3 is 2.45 bits per heavy atom. The number of alkyl carbamates (subject to hydrolysis) is 1. The van der Waals surface area contributed by atoms with Crippen molar-refractivity contribution in [3.63, 3.8) is 0 Å². The summed E-state index contributed by atoms with van der Waals surface area (Å²) in [5.74, 6) is -0.342. The molecule has 4 amide bonds. The second-order valence-corrected chi connectivity index (χ2v) is 9.19. The number of urea groups is 1. The molecular weight excluding hydrogens is 490 g/mol. The molecule has 3 rings (SSSR count). The largest absolute Gasteiger partial charge is 0.445 e. The van der Waals surface area contributed by atoms with E-state index < -0.39 is 23.7 Å². The van der Waals surface area contributed by atoms with E-state index in [1.807, 2.05) is 30.3 Å². The molecule has 1 heterocycles. The maximum absolute atomic E-state index is 13.2. The Hall–Kier alpha value is -4.45. The summed E-state index contributed by atoms with van der Waals surface area (Å²) in [6, 6.07) is 14.7. The van der Waals surface area contributed by atoms with Crippen molar-refractivity contribution in [2.24, 2.45) is 5.73 Å². The van der Waals surface area contributed by atoms with E-state index in [0.29, 0.717) is 24.2 Å². The van der Waals surface area contributed by atoms with Crippen LogP contribution in [0.1, 0.15) is 49.6 Å². The number of ether oxygens (including phenoxy) is 1. The summed E-state index contributed by atoms with van der Waals surface area (Å²) < 4.78 is 6.74. The van der Waals surface area contributed by atoms with Gasteiger partial charge in [0.15, 0.2) is 0 Å². The van der Waals surface area contributed by atoms with Gasteiger partial charge < -0.3 is 31.5 Å². The number of nitrogens with two attached hydrogens (primary N) is 1. The van der Waals surface area contributed by atoms with Gasteiger partial charge in [0.25, 0.3) is 0 Å². The second kappa shape index (κ2) is 13.2. The summed E-state index contributed by atoms with van der Waals surface area (Å²) in [5.41, 5.74) is 6.74. The summed E-state index contributed by atoms with van der Waals surface area (Å²) in [6.45, 7) is 3.80. The number of hydrogen-bond acceptors (Lipinski definition) is 7. The number of primary amides is 1. The van der Waals surface area contributed by atoms with Crippen LogP contribution in [0.4, 0.5) is 15.3 Å².